The van der Waals surface area contributed by atoms with Crippen LogP contribution in [0.5, 0.6) is 17.2 Å². The molecule has 0 unspecified atom stereocenters. The predicted octanol–water partition coefficient (Wildman–Crippen LogP) is 17.8. The maximum atomic E-state index is 14.5. The standard InChI is InChI=1S/C66H61Cl15N4O17S2/c1-5-82(6-2)34-9-12-37-40(27-34)99-41-28-35(83(7-3)8-4)10-13-38(41)47(37)39-14-11-36(29-42(39)104(92,93)94)103(90,91)85-21-19-84(20-22-85)43(86)15-23-95-30-66(31-96-24-16-44(87)100-63-57(76)51(70)48(67)52(71)58(63)77,32-97-25-17-45(88)101-64-59(78)53(72)49(68)54(73)60(64)79)33-98-26-18-46(89)102-65-61(80)55(74)50(69)56(75)62(65)81/h9-14,27-29H,5-8,15-26,30-33H2,1-4H3. The van der Waals surface area contributed by atoms with E-state index in [1.807, 2.05) is 52.0 Å². The number of nitrogens with zero attached hydrogens (tertiary/aromatic N) is 4. The molecule has 5 aromatic rings. The van der Waals surface area contributed by atoms with Crippen molar-refractivity contribution in [3.8, 4) is 39.7 Å². The first-order valence-electron chi connectivity index (χ1n) is 31.3. The minimum atomic E-state index is -5.38. The largest absolute Gasteiger partial charge is 0.744 e. The molecule has 38 heteroatoms. The van der Waals surface area contributed by atoms with Gasteiger partial charge in [-0.05, 0) is 58.0 Å². The van der Waals surface area contributed by atoms with E-state index in [4.69, 9.17) is 212 Å². The highest BCUT2D eigenvalue weighted by molar-refractivity contribution is 7.89. The molecule has 3 aliphatic rings. The Balaban J connectivity index is 0.995. The summed E-state index contributed by atoms with van der Waals surface area (Å²) in [5.41, 5.74) is 0.577. The topological polar surface area (TPSA) is 250 Å². The zero-order chi connectivity index (χ0) is 76.4. The van der Waals surface area contributed by atoms with Gasteiger partial charge in [-0.25, -0.2) is 21.4 Å². The first-order valence-corrected chi connectivity index (χ1v) is 39.9. The highest BCUT2D eigenvalue weighted by Gasteiger charge is 2.36. The molecule has 104 heavy (non-hydrogen) atoms. The zero-order valence-corrected chi connectivity index (χ0v) is 68.0. The summed E-state index contributed by atoms with van der Waals surface area (Å²) in [5.74, 6) is -3.97. The molecule has 0 saturated carbocycles. The normalized spacial score (nSPS) is 13.1. The molecule has 2 aliphatic heterocycles. The number of fused-ring (bicyclic) bond motifs is 2. The number of sulfonamides is 1. The van der Waals surface area contributed by atoms with Gasteiger partial charge in [0.05, 0.1) is 145 Å². The summed E-state index contributed by atoms with van der Waals surface area (Å²) < 4.78 is 120. The highest BCUT2D eigenvalue weighted by atomic mass is 35.5. The van der Waals surface area contributed by atoms with E-state index >= 15 is 0 Å². The van der Waals surface area contributed by atoms with Gasteiger partial charge in [0.1, 0.15) is 64.7 Å². The van der Waals surface area contributed by atoms with Gasteiger partial charge in [-0.1, -0.05) is 180 Å². The molecule has 0 N–H and O–H groups in total. The molecule has 5 aromatic carbocycles. The Morgan fingerprint density at radius 2 is 0.894 bits per heavy atom. The van der Waals surface area contributed by atoms with Gasteiger partial charge in [0.2, 0.25) is 21.3 Å². The summed E-state index contributed by atoms with van der Waals surface area (Å²) in [5, 5.41) is -2.50. The number of carbonyl (C=O) groups excluding carboxylic acids is 4. The summed E-state index contributed by atoms with van der Waals surface area (Å²) in [7, 11) is -9.89. The average Bonchev–Trinajstić information content (AvgIpc) is 0.735. The van der Waals surface area contributed by atoms with Crippen molar-refractivity contribution in [1.29, 1.82) is 0 Å². The Kier molecular flexibility index (Phi) is 31.4. The molecule has 1 aliphatic carbocycles. The predicted molar refractivity (Wildman–Crippen MR) is 407 cm³/mol. The molecule has 0 radical (unpaired) electrons. The molecule has 1 saturated heterocycles. The van der Waals surface area contributed by atoms with Crippen LogP contribution < -0.4 is 29.0 Å². The molecular weight excluding hydrogens is 1720 g/mol. The third kappa shape index (κ3) is 20.2. The number of anilines is 1. The van der Waals surface area contributed by atoms with Crippen molar-refractivity contribution >= 4 is 235 Å². The van der Waals surface area contributed by atoms with Crippen molar-refractivity contribution in [2.75, 3.05) is 110 Å². The van der Waals surface area contributed by atoms with Crippen LogP contribution in [0, 0.1) is 5.41 Å². The first-order chi connectivity index (χ1) is 49.1. The van der Waals surface area contributed by atoms with E-state index < -0.39 is 78.4 Å². The molecule has 0 bridgehead atoms. The molecular formula is C66H61Cl15N4O17S2. The van der Waals surface area contributed by atoms with E-state index in [9.17, 15) is 40.6 Å². The van der Waals surface area contributed by atoms with Crippen LogP contribution in [0.3, 0.4) is 0 Å². The van der Waals surface area contributed by atoms with Gasteiger partial charge in [-0.2, -0.15) is 4.31 Å². The maximum absolute atomic E-state index is 14.5. The van der Waals surface area contributed by atoms with Gasteiger partial charge in [0, 0.05) is 79.2 Å². The SMILES string of the molecule is CCN(CC)c1ccc2c(-c3ccc(S(=O)(=O)N4CCN(C(=O)CCOCC(COCCC(=O)Oc5c(Cl)c(Cl)c(Cl)c(Cl)c5Cl)(COCCC(=O)Oc5c(Cl)c(Cl)c(Cl)c(Cl)c5Cl)COCCC(=O)Oc5c(Cl)c(Cl)c(Cl)c(Cl)c5Cl)CC4)cc3S(=O)(=O)[O-])c3ccc(=[N+](CC)CC)cc-3oc2c1. The van der Waals surface area contributed by atoms with Gasteiger partial charge in [-0.15, -0.1) is 0 Å². The molecule has 21 nitrogen and oxygen atoms in total. The van der Waals surface area contributed by atoms with Crippen molar-refractivity contribution in [3.63, 3.8) is 0 Å². The number of carbonyl (C=O) groups is 4. The Bertz CT molecular complexity index is 4400. The summed E-state index contributed by atoms with van der Waals surface area (Å²) in [6, 6.07) is 14.4. The molecule has 0 atom stereocenters. The minimum absolute atomic E-state index is 0.0354. The Hall–Kier alpha value is -3.52. The fourth-order valence-corrected chi connectivity index (χ4v) is 16.7. The van der Waals surface area contributed by atoms with Crippen molar-refractivity contribution in [2.45, 2.75) is 63.2 Å². The number of benzene rings is 6. The Morgan fingerprint density at radius 3 is 1.29 bits per heavy atom. The van der Waals surface area contributed by atoms with Crippen molar-refractivity contribution < 1.29 is 78.1 Å². The average molecular weight is 1780 g/mol. The Labute approximate surface area is 674 Å². The van der Waals surface area contributed by atoms with E-state index in [0.29, 0.717) is 54.0 Å². The summed E-state index contributed by atoms with van der Waals surface area (Å²) in [6.45, 7) is 7.19. The number of hydrogen-bond acceptors (Lipinski definition) is 18. The van der Waals surface area contributed by atoms with Crippen LogP contribution in [0.2, 0.25) is 75.3 Å². The second-order valence-corrected chi connectivity index (χ2v) is 31.9. The molecule has 2 heterocycles. The lowest BCUT2D eigenvalue weighted by Crippen LogP contribution is -2.50. The maximum Gasteiger partial charge on any atom is 0.313 e. The minimum Gasteiger partial charge on any atom is -0.744 e. The van der Waals surface area contributed by atoms with Crippen LogP contribution in [0.4, 0.5) is 5.69 Å². The van der Waals surface area contributed by atoms with E-state index in [-0.39, 0.29) is 184 Å². The smallest absolute Gasteiger partial charge is 0.313 e. The lowest BCUT2D eigenvalue weighted by molar-refractivity contribution is -0.139. The van der Waals surface area contributed by atoms with Gasteiger partial charge < -0.3 is 51.9 Å². The van der Waals surface area contributed by atoms with Crippen LogP contribution in [0.1, 0.15) is 53.4 Å². The lowest BCUT2D eigenvalue weighted by Gasteiger charge is -2.34. The Morgan fingerprint density at radius 1 is 0.500 bits per heavy atom. The zero-order valence-electron chi connectivity index (χ0n) is 55.1. The van der Waals surface area contributed by atoms with Crippen molar-refractivity contribution in [2.24, 2.45) is 5.41 Å². The van der Waals surface area contributed by atoms with E-state index in [2.05, 4.69) is 9.48 Å². The number of amides is 1. The fourth-order valence-electron chi connectivity index (χ4n) is 10.8. The number of esters is 3. The molecule has 0 aromatic heterocycles. The highest BCUT2D eigenvalue weighted by Crippen LogP contribution is 2.52. The summed E-state index contributed by atoms with van der Waals surface area (Å²) in [4.78, 5) is 56.0. The lowest BCUT2D eigenvalue weighted by atomic mass is 9.92. The molecule has 564 valence electrons. The first kappa shape index (κ1) is 86.1. The van der Waals surface area contributed by atoms with E-state index in [1.165, 1.54) is 17.0 Å². The van der Waals surface area contributed by atoms with Crippen molar-refractivity contribution in [1.82, 2.24) is 13.8 Å². The molecule has 1 fully saturated rings. The fraction of sp³-hybridized carbons (Fsp3) is 0.379. The van der Waals surface area contributed by atoms with Crippen LogP contribution in [0.25, 0.3) is 33.4 Å². The summed E-state index contributed by atoms with van der Waals surface area (Å²) >= 11 is 93.3. The third-order valence-corrected chi connectivity index (χ3v) is 25.8. The molecule has 1 amide bonds. The van der Waals surface area contributed by atoms with Crippen LogP contribution in [0.15, 0.2) is 68.8 Å². The molecule has 0 spiro atoms. The van der Waals surface area contributed by atoms with E-state index in [1.54, 1.807) is 12.1 Å². The number of piperazine rings is 1. The van der Waals surface area contributed by atoms with E-state index in [0.717, 1.165) is 21.4 Å². The summed E-state index contributed by atoms with van der Waals surface area (Å²) in [6.07, 6.45) is -1.64. The van der Waals surface area contributed by atoms with Crippen molar-refractivity contribution in [3.05, 3.63) is 135 Å². The molecule has 8 rings (SSSR count). The third-order valence-electron chi connectivity index (χ3n) is 16.3. The van der Waals surface area contributed by atoms with Crippen LogP contribution >= 0.6 is 174 Å². The number of hydrogen-bond donors (Lipinski definition) is 0. The number of rotatable bonds is 32. The van der Waals surface area contributed by atoms with Gasteiger partial charge >= 0.3 is 17.9 Å². The van der Waals surface area contributed by atoms with Gasteiger partial charge in [0.15, 0.2) is 17.2 Å². The second-order valence-electron chi connectivity index (χ2n) is 22.9. The second kappa shape index (κ2) is 37.9. The van der Waals surface area contributed by atoms with Gasteiger partial charge in [0.25, 0.3) is 0 Å². The number of halogens is 15. The van der Waals surface area contributed by atoms with Gasteiger partial charge in [-0.3, -0.25) is 19.2 Å². The number of ether oxygens (including phenoxy) is 7. The monoisotopic (exact) mass is 1770 g/mol. The quantitative estimate of drug-likeness (QED) is 0.00555. The van der Waals surface area contributed by atoms with Crippen LogP contribution in [-0.2, 0) is 58.3 Å². The van der Waals surface area contributed by atoms with Crippen LogP contribution in [-0.4, -0.2) is 160 Å².